The van der Waals surface area contributed by atoms with Crippen LogP contribution in [0.4, 0.5) is 10.5 Å². The van der Waals surface area contributed by atoms with Crippen LogP contribution in [0.15, 0.2) is 46.9 Å². The van der Waals surface area contributed by atoms with Gasteiger partial charge in [0.1, 0.15) is 5.54 Å². The van der Waals surface area contributed by atoms with Gasteiger partial charge in [-0.2, -0.15) is 0 Å². The van der Waals surface area contributed by atoms with E-state index in [9.17, 15) is 14.4 Å². The summed E-state index contributed by atoms with van der Waals surface area (Å²) in [5, 5.41) is 0.572. The van der Waals surface area contributed by atoms with Crippen LogP contribution in [0.2, 0.25) is 10.0 Å². The predicted molar refractivity (Wildman–Crippen MR) is 108 cm³/mol. The van der Waals surface area contributed by atoms with Crippen LogP contribution >= 0.6 is 39.1 Å². The van der Waals surface area contributed by atoms with E-state index in [0.717, 1.165) is 19.8 Å². The molecule has 4 amide bonds. The molecule has 27 heavy (non-hydrogen) atoms. The van der Waals surface area contributed by atoms with Crippen LogP contribution in [0.5, 0.6) is 0 Å². The molecule has 1 unspecified atom stereocenters. The topological polar surface area (TPSA) is 57.7 Å². The molecule has 5 nitrogen and oxygen atoms in total. The number of benzene rings is 2. The van der Waals surface area contributed by atoms with Crippen molar-refractivity contribution < 1.29 is 14.4 Å². The molecule has 0 spiro atoms. The molecule has 0 radical (unpaired) electrons. The van der Waals surface area contributed by atoms with Gasteiger partial charge in [-0.05, 0) is 42.8 Å². The van der Waals surface area contributed by atoms with Gasteiger partial charge in [0, 0.05) is 27.9 Å². The number of carbonyl (C=O) groups excluding carboxylic acids is 3. The number of imide groups is 2. The van der Waals surface area contributed by atoms with Gasteiger partial charge in [-0.25, -0.2) is 14.6 Å². The summed E-state index contributed by atoms with van der Waals surface area (Å²) < 4.78 is 0.892. The average Bonchev–Trinajstić information content (AvgIpc) is 2.75. The first-order valence-electron chi connectivity index (χ1n) is 8.03. The van der Waals surface area contributed by atoms with Crippen molar-refractivity contribution in [2.45, 2.75) is 25.8 Å². The van der Waals surface area contributed by atoms with Crippen LogP contribution in [0.1, 0.15) is 19.4 Å². The van der Waals surface area contributed by atoms with Gasteiger partial charge in [0.05, 0.1) is 5.69 Å². The number of rotatable bonds is 3. The van der Waals surface area contributed by atoms with Gasteiger partial charge in [0.25, 0.3) is 5.91 Å². The predicted octanol–water partition coefficient (Wildman–Crippen LogP) is 5.07. The highest BCUT2D eigenvalue weighted by Gasteiger charge is 2.56. The Balaban J connectivity index is 2.07. The third-order valence-corrected chi connectivity index (χ3v) is 5.39. The first-order valence-corrected chi connectivity index (χ1v) is 9.58. The molecule has 0 aromatic heterocycles. The Labute approximate surface area is 175 Å². The van der Waals surface area contributed by atoms with Crippen molar-refractivity contribution >= 4 is 62.7 Å². The lowest BCUT2D eigenvalue weighted by atomic mass is 9.91. The van der Waals surface area contributed by atoms with Crippen molar-refractivity contribution in [2.75, 3.05) is 4.90 Å². The summed E-state index contributed by atoms with van der Waals surface area (Å²) in [4.78, 5) is 40.4. The molecule has 0 saturated carbocycles. The second kappa shape index (κ2) is 7.26. The zero-order valence-corrected chi connectivity index (χ0v) is 17.6. The minimum absolute atomic E-state index is 0.190. The molecule has 2 aromatic rings. The Hall–Kier alpha value is -1.89. The normalized spacial score (nSPS) is 19.7. The molecule has 2 aromatic carbocycles. The zero-order valence-electron chi connectivity index (χ0n) is 14.5. The lowest BCUT2D eigenvalue weighted by molar-refractivity contribution is -0.135. The van der Waals surface area contributed by atoms with E-state index in [1.807, 2.05) is 24.3 Å². The van der Waals surface area contributed by atoms with Crippen molar-refractivity contribution in [1.29, 1.82) is 0 Å². The number of carbonyl (C=O) groups is 3. The highest BCUT2D eigenvalue weighted by atomic mass is 79.9. The summed E-state index contributed by atoms with van der Waals surface area (Å²) in [6.07, 6.45) is 0.190. The number of hydrogen-bond donors (Lipinski definition) is 0. The molecule has 1 aliphatic heterocycles. The summed E-state index contributed by atoms with van der Waals surface area (Å²) in [5.41, 5.74) is -0.307. The molecule has 1 saturated heterocycles. The summed E-state index contributed by atoms with van der Waals surface area (Å²) >= 11 is 15.4. The van der Waals surface area contributed by atoms with Crippen molar-refractivity contribution in [3.63, 3.8) is 0 Å². The first kappa shape index (κ1) is 19.9. The maximum Gasteiger partial charge on any atom is 0.339 e. The number of anilines is 1. The number of urea groups is 1. The van der Waals surface area contributed by atoms with E-state index in [1.165, 1.54) is 25.1 Å². The molecule has 0 aliphatic carbocycles. The standard InChI is InChI=1S/C19H15BrCl2N2O3/c1-11(25)24-18(27)23(16-8-14(21)7-15(22)9-16)17(26)19(24,2)10-12-3-5-13(20)6-4-12/h3-9H,10H2,1-2H3. The van der Waals surface area contributed by atoms with E-state index >= 15 is 0 Å². The number of nitrogens with zero attached hydrogens (tertiary/aromatic N) is 2. The van der Waals surface area contributed by atoms with Crippen LogP contribution in [-0.4, -0.2) is 28.3 Å². The minimum Gasteiger partial charge on any atom is -0.275 e. The number of amides is 4. The summed E-state index contributed by atoms with van der Waals surface area (Å²) in [5.74, 6) is -1.02. The van der Waals surface area contributed by atoms with E-state index in [2.05, 4.69) is 15.9 Å². The van der Waals surface area contributed by atoms with E-state index in [-0.39, 0.29) is 22.2 Å². The molecule has 3 rings (SSSR count). The molecule has 140 valence electrons. The third kappa shape index (κ3) is 3.61. The van der Waals surface area contributed by atoms with E-state index < -0.39 is 23.4 Å². The highest BCUT2D eigenvalue weighted by molar-refractivity contribution is 9.10. The fourth-order valence-electron chi connectivity index (χ4n) is 3.27. The third-order valence-electron chi connectivity index (χ3n) is 4.42. The smallest absolute Gasteiger partial charge is 0.275 e. The average molecular weight is 470 g/mol. The quantitative estimate of drug-likeness (QED) is 0.589. The van der Waals surface area contributed by atoms with Gasteiger partial charge in [-0.3, -0.25) is 9.59 Å². The molecular weight excluding hydrogens is 455 g/mol. The molecule has 1 atom stereocenters. The molecule has 1 aliphatic rings. The Morgan fingerprint density at radius 2 is 1.63 bits per heavy atom. The molecule has 1 fully saturated rings. The van der Waals surface area contributed by atoms with Crippen molar-refractivity contribution in [3.8, 4) is 0 Å². The van der Waals surface area contributed by atoms with Gasteiger partial charge < -0.3 is 0 Å². The van der Waals surface area contributed by atoms with Crippen LogP contribution < -0.4 is 4.90 Å². The monoisotopic (exact) mass is 468 g/mol. The lowest BCUT2D eigenvalue weighted by Crippen LogP contribution is -2.51. The molecular formula is C19H15BrCl2N2O3. The number of halogens is 3. The first-order chi connectivity index (χ1) is 12.6. The Bertz CT molecular complexity index is 928. The SMILES string of the molecule is CC(=O)N1C(=O)N(c2cc(Cl)cc(Cl)c2)C(=O)C1(C)Cc1ccc(Br)cc1. The van der Waals surface area contributed by atoms with Crippen molar-refractivity contribution in [1.82, 2.24) is 4.90 Å². The summed E-state index contributed by atoms with van der Waals surface area (Å²) in [6.45, 7) is 2.85. The van der Waals surface area contributed by atoms with Crippen LogP contribution in [0, 0.1) is 0 Å². The van der Waals surface area contributed by atoms with Crippen LogP contribution in [0.3, 0.4) is 0 Å². The Morgan fingerprint density at radius 1 is 1.07 bits per heavy atom. The summed E-state index contributed by atoms with van der Waals surface area (Å²) in [6, 6.07) is 11.1. The fourth-order valence-corrected chi connectivity index (χ4v) is 4.05. The van der Waals surface area contributed by atoms with Gasteiger partial charge >= 0.3 is 6.03 Å². The van der Waals surface area contributed by atoms with Gasteiger partial charge in [-0.1, -0.05) is 51.3 Å². The van der Waals surface area contributed by atoms with Crippen molar-refractivity contribution in [3.05, 3.63) is 62.5 Å². The second-order valence-electron chi connectivity index (χ2n) is 6.48. The largest absolute Gasteiger partial charge is 0.339 e. The molecule has 0 N–H and O–H groups in total. The maximum atomic E-state index is 13.3. The van der Waals surface area contributed by atoms with Gasteiger partial charge in [-0.15, -0.1) is 0 Å². The molecule has 1 heterocycles. The molecule has 8 heteroatoms. The van der Waals surface area contributed by atoms with Gasteiger partial charge in [0.15, 0.2) is 0 Å². The Kier molecular flexibility index (Phi) is 5.34. The maximum absolute atomic E-state index is 13.3. The zero-order chi connectivity index (χ0) is 19.9. The van der Waals surface area contributed by atoms with E-state index in [1.54, 1.807) is 6.92 Å². The van der Waals surface area contributed by atoms with Gasteiger partial charge in [0.2, 0.25) is 5.91 Å². The minimum atomic E-state index is -1.36. The van der Waals surface area contributed by atoms with Crippen LogP contribution in [-0.2, 0) is 16.0 Å². The fraction of sp³-hybridized carbons (Fsp3) is 0.211. The lowest BCUT2D eigenvalue weighted by Gasteiger charge is -2.29. The Morgan fingerprint density at radius 3 is 2.15 bits per heavy atom. The summed E-state index contributed by atoms with van der Waals surface area (Å²) in [7, 11) is 0. The number of hydrogen-bond acceptors (Lipinski definition) is 3. The molecule has 0 bridgehead atoms. The van der Waals surface area contributed by atoms with Crippen molar-refractivity contribution in [2.24, 2.45) is 0 Å². The second-order valence-corrected chi connectivity index (χ2v) is 8.27. The van der Waals surface area contributed by atoms with E-state index in [0.29, 0.717) is 0 Å². The van der Waals surface area contributed by atoms with Crippen LogP contribution in [0.25, 0.3) is 0 Å². The highest BCUT2D eigenvalue weighted by Crippen LogP contribution is 2.37. The van der Waals surface area contributed by atoms with E-state index in [4.69, 9.17) is 23.2 Å².